The highest BCUT2D eigenvalue weighted by molar-refractivity contribution is 5.92. The zero-order chi connectivity index (χ0) is 15.2. The summed E-state index contributed by atoms with van der Waals surface area (Å²) in [4.78, 5) is 17.8. The van der Waals surface area contributed by atoms with Crippen molar-refractivity contribution in [3.05, 3.63) is 60.2 Å². The third-order valence-corrected chi connectivity index (χ3v) is 3.39. The molecule has 0 saturated heterocycles. The Hall–Kier alpha value is -2.27. The molecule has 5 heteroatoms. The molecule has 1 amide bonds. The van der Waals surface area contributed by atoms with Crippen LogP contribution in [0.15, 0.2) is 48.8 Å². The average molecular weight is 287 g/mol. The lowest BCUT2D eigenvalue weighted by molar-refractivity contribution is -0.117. The van der Waals surface area contributed by atoms with Crippen LogP contribution >= 0.6 is 0 Å². The maximum Gasteiger partial charge on any atom is 0.238 e. The Labute approximate surface area is 123 Å². The van der Waals surface area contributed by atoms with E-state index in [4.69, 9.17) is 0 Å². The van der Waals surface area contributed by atoms with Crippen LogP contribution in [-0.4, -0.2) is 29.4 Å². The first-order chi connectivity index (χ1) is 10.1. The fourth-order valence-corrected chi connectivity index (χ4v) is 2.01. The molecular formula is C16H18FN3O. The molecule has 110 valence electrons. The van der Waals surface area contributed by atoms with Crippen molar-refractivity contribution in [2.24, 2.45) is 0 Å². The van der Waals surface area contributed by atoms with E-state index in [0.29, 0.717) is 0 Å². The lowest BCUT2D eigenvalue weighted by Crippen LogP contribution is -2.32. The number of amides is 1. The smallest absolute Gasteiger partial charge is 0.238 e. The van der Waals surface area contributed by atoms with E-state index in [1.807, 2.05) is 31.0 Å². The van der Waals surface area contributed by atoms with Gasteiger partial charge in [0.15, 0.2) is 0 Å². The molecule has 0 unspecified atom stereocenters. The van der Waals surface area contributed by atoms with Crippen LogP contribution in [0.25, 0.3) is 0 Å². The number of pyridine rings is 1. The van der Waals surface area contributed by atoms with Crippen molar-refractivity contribution in [3.8, 4) is 0 Å². The van der Waals surface area contributed by atoms with Crippen LogP contribution in [0.5, 0.6) is 0 Å². The number of aromatic nitrogens is 1. The van der Waals surface area contributed by atoms with Gasteiger partial charge in [-0.15, -0.1) is 0 Å². The summed E-state index contributed by atoms with van der Waals surface area (Å²) in [5, 5.41) is 2.58. The number of carbonyl (C=O) groups is 1. The van der Waals surface area contributed by atoms with Crippen LogP contribution in [0.4, 0.5) is 10.1 Å². The van der Waals surface area contributed by atoms with E-state index < -0.39 is 5.82 Å². The molecule has 2 rings (SSSR count). The highest BCUT2D eigenvalue weighted by Crippen LogP contribution is 2.18. The van der Waals surface area contributed by atoms with Crippen LogP contribution < -0.4 is 5.32 Å². The second-order valence-electron chi connectivity index (χ2n) is 4.90. The van der Waals surface area contributed by atoms with Gasteiger partial charge in [0.25, 0.3) is 0 Å². The Morgan fingerprint density at radius 1 is 1.29 bits per heavy atom. The van der Waals surface area contributed by atoms with Gasteiger partial charge in [-0.3, -0.25) is 14.7 Å². The summed E-state index contributed by atoms with van der Waals surface area (Å²) < 4.78 is 13.5. The second kappa shape index (κ2) is 6.95. The van der Waals surface area contributed by atoms with Crippen molar-refractivity contribution in [2.45, 2.75) is 13.0 Å². The van der Waals surface area contributed by atoms with Crippen LogP contribution in [0.1, 0.15) is 18.5 Å². The molecule has 0 fully saturated rings. The van der Waals surface area contributed by atoms with Gasteiger partial charge in [-0.25, -0.2) is 4.39 Å². The summed E-state index contributed by atoms with van der Waals surface area (Å²) >= 11 is 0. The van der Waals surface area contributed by atoms with Gasteiger partial charge in [0.1, 0.15) is 5.82 Å². The second-order valence-corrected chi connectivity index (χ2v) is 4.90. The lowest BCUT2D eigenvalue weighted by atomic mass is 10.1. The van der Waals surface area contributed by atoms with Gasteiger partial charge in [0, 0.05) is 18.4 Å². The fraction of sp³-hybridized carbons (Fsp3) is 0.250. The first-order valence-electron chi connectivity index (χ1n) is 6.72. The van der Waals surface area contributed by atoms with Gasteiger partial charge < -0.3 is 5.32 Å². The number of hydrogen-bond donors (Lipinski definition) is 1. The summed E-state index contributed by atoms with van der Waals surface area (Å²) in [5.41, 5.74) is 1.28. The molecule has 21 heavy (non-hydrogen) atoms. The lowest BCUT2D eigenvalue weighted by Gasteiger charge is -2.24. The highest BCUT2D eigenvalue weighted by atomic mass is 19.1. The van der Waals surface area contributed by atoms with Gasteiger partial charge in [0.2, 0.25) is 5.91 Å². The summed E-state index contributed by atoms with van der Waals surface area (Å²) in [6.07, 6.45) is 3.44. The monoisotopic (exact) mass is 287 g/mol. The SMILES string of the molecule is C[C@@H](c1ccncc1)N(C)CC(=O)Nc1ccccc1F. The van der Waals surface area contributed by atoms with Crippen molar-refractivity contribution in [1.29, 1.82) is 0 Å². The largest absolute Gasteiger partial charge is 0.322 e. The number of hydrogen-bond acceptors (Lipinski definition) is 3. The minimum absolute atomic E-state index is 0.0689. The Kier molecular flexibility index (Phi) is 5.00. The van der Waals surface area contributed by atoms with Crippen molar-refractivity contribution < 1.29 is 9.18 Å². The quantitative estimate of drug-likeness (QED) is 0.919. The van der Waals surface area contributed by atoms with E-state index in [1.165, 1.54) is 6.07 Å². The number of nitrogens with zero attached hydrogens (tertiary/aromatic N) is 2. The van der Waals surface area contributed by atoms with E-state index in [2.05, 4.69) is 10.3 Å². The summed E-state index contributed by atoms with van der Waals surface area (Å²) in [5.74, 6) is -0.681. The molecule has 1 aromatic carbocycles. The molecule has 1 heterocycles. The number of rotatable bonds is 5. The first-order valence-corrected chi connectivity index (χ1v) is 6.72. The van der Waals surface area contributed by atoms with E-state index in [0.717, 1.165) is 5.56 Å². The number of carbonyl (C=O) groups excluding carboxylic acids is 1. The minimum Gasteiger partial charge on any atom is -0.322 e. The Balaban J connectivity index is 1.95. The Morgan fingerprint density at radius 2 is 1.95 bits per heavy atom. The van der Waals surface area contributed by atoms with E-state index >= 15 is 0 Å². The Morgan fingerprint density at radius 3 is 2.62 bits per heavy atom. The van der Waals surface area contributed by atoms with Crippen molar-refractivity contribution in [2.75, 3.05) is 18.9 Å². The molecule has 2 aromatic rings. The number of para-hydroxylation sites is 1. The predicted molar refractivity (Wildman–Crippen MR) is 80.3 cm³/mol. The minimum atomic E-state index is -0.435. The molecule has 0 spiro atoms. The molecule has 1 atom stereocenters. The third kappa shape index (κ3) is 4.10. The zero-order valence-electron chi connectivity index (χ0n) is 12.1. The molecule has 0 bridgehead atoms. The van der Waals surface area contributed by atoms with Gasteiger partial charge in [-0.2, -0.15) is 0 Å². The van der Waals surface area contributed by atoms with Crippen LogP contribution in [0.2, 0.25) is 0 Å². The van der Waals surface area contributed by atoms with Crippen LogP contribution in [0, 0.1) is 5.82 Å². The molecule has 1 aromatic heterocycles. The zero-order valence-corrected chi connectivity index (χ0v) is 12.1. The maximum atomic E-state index is 13.5. The molecule has 0 aliphatic rings. The van der Waals surface area contributed by atoms with E-state index in [9.17, 15) is 9.18 Å². The molecule has 0 aliphatic carbocycles. The molecule has 0 saturated carbocycles. The Bertz CT molecular complexity index is 603. The summed E-state index contributed by atoms with van der Waals surface area (Å²) in [6, 6.07) is 10.0. The number of likely N-dealkylation sites (N-methyl/N-ethyl adjacent to an activating group) is 1. The van der Waals surface area contributed by atoms with Crippen LogP contribution in [0.3, 0.4) is 0 Å². The fourth-order valence-electron chi connectivity index (χ4n) is 2.01. The summed E-state index contributed by atoms with van der Waals surface area (Å²) in [7, 11) is 1.85. The molecule has 1 N–H and O–H groups in total. The predicted octanol–water partition coefficient (Wildman–Crippen LogP) is 2.85. The number of benzene rings is 1. The molecule has 4 nitrogen and oxygen atoms in total. The number of nitrogens with one attached hydrogen (secondary N) is 1. The topological polar surface area (TPSA) is 45.2 Å². The van der Waals surface area contributed by atoms with Gasteiger partial charge in [0.05, 0.1) is 12.2 Å². The van der Waals surface area contributed by atoms with Crippen LogP contribution in [-0.2, 0) is 4.79 Å². The average Bonchev–Trinajstić information content (AvgIpc) is 2.49. The number of anilines is 1. The van der Waals surface area contributed by atoms with Crippen molar-refractivity contribution in [1.82, 2.24) is 9.88 Å². The standard InChI is InChI=1S/C16H18FN3O/c1-12(13-7-9-18-10-8-13)20(2)11-16(21)19-15-6-4-3-5-14(15)17/h3-10,12H,11H2,1-2H3,(H,19,21)/t12-/m0/s1. The highest BCUT2D eigenvalue weighted by Gasteiger charge is 2.15. The molecular weight excluding hydrogens is 269 g/mol. The summed E-state index contributed by atoms with van der Waals surface area (Å²) in [6.45, 7) is 2.18. The molecule has 0 radical (unpaired) electrons. The van der Waals surface area contributed by atoms with Gasteiger partial charge in [-0.1, -0.05) is 12.1 Å². The third-order valence-electron chi connectivity index (χ3n) is 3.39. The van der Waals surface area contributed by atoms with E-state index in [-0.39, 0.29) is 24.2 Å². The first kappa shape index (κ1) is 15.1. The number of halogens is 1. The molecule has 0 aliphatic heterocycles. The maximum absolute atomic E-state index is 13.5. The van der Waals surface area contributed by atoms with Crippen molar-refractivity contribution in [3.63, 3.8) is 0 Å². The van der Waals surface area contributed by atoms with Gasteiger partial charge >= 0.3 is 0 Å². The normalized spacial score (nSPS) is 12.2. The van der Waals surface area contributed by atoms with E-state index in [1.54, 1.807) is 30.6 Å². The van der Waals surface area contributed by atoms with Crippen molar-refractivity contribution >= 4 is 11.6 Å². The van der Waals surface area contributed by atoms with Gasteiger partial charge in [-0.05, 0) is 43.8 Å².